The lowest BCUT2D eigenvalue weighted by molar-refractivity contribution is 0.305. The van der Waals surface area contributed by atoms with E-state index in [-0.39, 0.29) is 6.61 Å². The lowest BCUT2D eigenvalue weighted by Gasteiger charge is -2.14. The van der Waals surface area contributed by atoms with Crippen LogP contribution in [0.4, 0.5) is 0 Å². The predicted octanol–water partition coefficient (Wildman–Crippen LogP) is 3.70. The number of rotatable bonds is 5. The Labute approximate surface area is 115 Å². The first-order chi connectivity index (χ1) is 8.63. The SMILES string of the molecule is CC(C)C(C)SCc1cccc(C#CCCO)c1. The molecule has 1 aromatic rings. The average molecular weight is 262 g/mol. The first-order valence-corrected chi connectivity index (χ1v) is 7.48. The van der Waals surface area contributed by atoms with Crippen molar-refractivity contribution in [2.24, 2.45) is 5.92 Å². The van der Waals surface area contributed by atoms with E-state index < -0.39 is 0 Å². The maximum atomic E-state index is 8.69. The Kier molecular flexibility index (Phi) is 6.93. The van der Waals surface area contributed by atoms with Crippen LogP contribution in [-0.4, -0.2) is 17.0 Å². The molecular formula is C16H22OS. The van der Waals surface area contributed by atoms with E-state index in [0.717, 1.165) is 11.3 Å². The topological polar surface area (TPSA) is 20.2 Å². The molecule has 0 saturated heterocycles. The van der Waals surface area contributed by atoms with Gasteiger partial charge in [-0.3, -0.25) is 0 Å². The summed E-state index contributed by atoms with van der Waals surface area (Å²) in [5.74, 6) is 7.78. The van der Waals surface area contributed by atoms with Gasteiger partial charge < -0.3 is 5.11 Å². The molecule has 1 nitrogen and oxygen atoms in total. The third-order valence-electron chi connectivity index (χ3n) is 2.85. The van der Waals surface area contributed by atoms with Crippen LogP contribution in [-0.2, 0) is 5.75 Å². The number of hydrogen-bond acceptors (Lipinski definition) is 2. The highest BCUT2D eigenvalue weighted by Crippen LogP contribution is 2.23. The van der Waals surface area contributed by atoms with E-state index in [1.54, 1.807) is 0 Å². The number of aliphatic hydroxyl groups is 1. The lowest BCUT2D eigenvalue weighted by atomic mass is 10.1. The Morgan fingerprint density at radius 3 is 2.72 bits per heavy atom. The smallest absolute Gasteiger partial charge is 0.0540 e. The van der Waals surface area contributed by atoms with Crippen molar-refractivity contribution in [3.05, 3.63) is 35.4 Å². The van der Waals surface area contributed by atoms with Gasteiger partial charge in [-0.15, -0.1) is 0 Å². The molecule has 2 heteroatoms. The van der Waals surface area contributed by atoms with E-state index in [4.69, 9.17) is 5.11 Å². The van der Waals surface area contributed by atoms with Gasteiger partial charge in [0.15, 0.2) is 0 Å². The quantitative estimate of drug-likeness (QED) is 0.817. The molecule has 1 aromatic carbocycles. The summed E-state index contributed by atoms with van der Waals surface area (Å²) in [5, 5.41) is 9.37. The van der Waals surface area contributed by atoms with Crippen LogP contribution in [0.1, 0.15) is 38.3 Å². The second-order valence-corrected chi connectivity index (χ2v) is 6.10. The van der Waals surface area contributed by atoms with E-state index in [1.165, 1.54) is 5.56 Å². The minimum absolute atomic E-state index is 0.133. The Bertz CT molecular complexity index is 415. The fourth-order valence-corrected chi connectivity index (χ4v) is 2.40. The highest BCUT2D eigenvalue weighted by Gasteiger charge is 2.07. The molecule has 0 bridgehead atoms. The molecule has 0 aliphatic carbocycles. The predicted molar refractivity (Wildman–Crippen MR) is 80.6 cm³/mol. The van der Waals surface area contributed by atoms with Gasteiger partial charge in [-0.1, -0.05) is 44.7 Å². The van der Waals surface area contributed by atoms with Gasteiger partial charge in [0, 0.05) is 23.0 Å². The summed E-state index contributed by atoms with van der Waals surface area (Å²) in [5.41, 5.74) is 2.36. The van der Waals surface area contributed by atoms with Gasteiger partial charge in [-0.05, 0) is 23.6 Å². The summed E-state index contributed by atoms with van der Waals surface area (Å²) in [4.78, 5) is 0. The van der Waals surface area contributed by atoms with Crippen LogP contribution < -0.4 is 0 Å². The molecule has 1 rings (SSSR count). The largest absolute Gasteiger partial charge is 0.395 e. The van der Waals surface area contributed by atoms with Gasteiger partial charge in [0.2, 0.25) is 0 Å². The fourth-order valence-electron chi connectivity index (χ4n) is 1.38. The summed E-state index contributed by atoms with van der Waals surface area (Å²) in [7, 11) is 0. The standard InChI is InChI=1S/C16H22OS/c1-13(2)14(3)18-12-16-9-6-8-15(11-16)7-4-5-10-17/h6,8-9,11,13-14,17H,5,10,12H2,1-3H3. The maximum Gasteiger partial charge on any atom is 0.0540 e. The minimum Gasteiger partial charge on any atom is -0.395 e. The van der Waals surface area contributed by atoms with Crippen LogP contribution in [0.5, 0.6) is 0 Å². The monoisotopic (exact) mass is 262 g/mol. The zero-order chi connectivity index (χ0) is 13.4. The van der Waals surface area contributed by atoms with Crippen molar-refractivity contribution in [1.82, 2.24) is 0 Å². The highest BCUT2D eigenvalue weighted by atomic mass is 32.2. The number of aliphatic hydroxyl groups excluding tert-OH is 1. The molecule has 0 aliphatic rings. The average Bonchev–Trinajstić information content (AvgIpc) is 2.36. The Hall–Kier alpha value is -0.910. The number of benzene rings is 1. The molecule has 0 radical (unpaired) electrons. The van der Waals surface area contributed by atoms with E-state index >= 15 is 0 Å². The van der Waals surface area contributed by atoms with Crippen molar-refractivity contribution < 1.29 is 5.11 Å². The molecule has 1 unspecified atom stereocenters. The van der Waals surface area contributed by atoms with Crippen molar-refractivity contribution in [3.63, 3.8) is 0 Å². The van der Waals surface area contributed by atoms with E-state index in [9.17, 15) is 0 Å². The Morgan fingerprint density at radius 1 is 1.28 bits per heavy atom. The van der Waals surface area contributed by atoms with Gasteiger partial charge in [0.25, 0.3) is 0 Å². The molecule has 0 fully saturated rings. The normalized spacial score (nSPS) is 12.1. The third kappa shape index (κ3) is 5.62. The number of thioether (sulfide) groups is 1. The summed E-state index contributed by atoms with van der Waals surface area (Å²) in [6.07, 6.45) is 0.545. The summed E-state index contributed by atoms with van der Waals surface area (Å²) < 4.78 is 0. The lowest BCUT2D eigenvalue weighted by Crippen LogP contribution is -2.05. The first kappa shape index (κ1) is 15.1. The third-order valence-corrected chi connectivity index (χ3v) is 4.42. The molecule has 18 heavy (non-hydrogen) atoms. The van der Waals surface area contributed by atoms with Crippen molar-refractivity contribution >= 4 is 11.8 Å². The zero-order valence-electron chi connectivity index (χ0n) is 11.4. The van der Waals surface area contributed by atoms with Gasteiger partial charge >= 0.3 is 0 Å². The van der Waals surface area contributed by atoms with Crippen LogP contribution in [0.3, 0.4) is 0 Å². The molecule has 0 heterocycles. The van der Waals surface area contributed by atoms with E-state index in [1.807, 2.05) is 17.8 Å². The molecule has 1 N–H and O–H groups in total. The second-order valence-electron chi connectivity index (χ2n) is 4.74. The molecule has 1 atom stereocenters. The molecule has 0 aromatic heterocycles. The fraction of sp³-hybridized carbons (Fsp3) is 0.500. The molecule has 0 amide bonds. The second kappa shape index (κ2) is 8.24. The summed E-state index contributed by atoms with van der Waals surface area (Å²) in [6, 6.07) is 8.37. The van der Waals surface area contributed by atoms with Crippen LogP contribution in [0, 0.1) is 17.8 Å². The van der Waals surface area contributed by atoms with Crippen molar-refractivity contribution in [1.29, 1.82) is 0 Å². The maximum absolute atomic E-state index is 8.69. The van der Waals surface area contributed by atoms with Gasteiger partial charge in [-0.25, -0.2) is 0 Å². The number of hydrogen-bond donors (Lipinski definition) is 1. The molecule has 98 valence electrons. The summed E-state index contributed by atoms with van der Waals surface area (Å²) in [6.45, 7) is 6.93. The molecule has 0 spiro atoms. The molecule has 0 saturated carbocycles. The van der Waals surface area contributed by atoms with Crippen molar-refractivity contribution in [3.8, 4) is 11.8 Å². The zero-order valence-corrected chi connectivity index (χ0v) is 12.3. The van der Waals surface area contributed by atoms with Crippen LogP contribution in [0.15, 0.2) is 24.3 Å². The molecule has 0 aliphatic heterocycles. The van der Waals surface area contributed by atoms with E-state index in [2.05, 4.69) is 50.8 Å². The minimum atomic E-state index is 0.133. The Morgan fingerprint density at radius 2 is 2.06 bits per heavy atom. The molecular weight excluding hydrogens is 240 g/mol. The van der Waals surface area contributed by atoms with Gasteiger partial charge in [0.05, 0.1) is 6.61 Å². The highest BCUT2D eigenvalue weighted by molar-refractivity contribution is 7.99. The Balaban J connectivity index is 2.57. The van der Waals surface area contributed by atoms with Crippen molar-refractivity contribution in [2.45, 2.75) is 38.2 Å². The summed E-state index contributed by atoms with van der Waals surface area (Å²) >= 11 is 1.99. The van der Waals surface area contributed by atoms with Gasteiger partial charge in [-0.2, -0.15) is 11.8 Å². The van der Waals surface area contributed by atoms with Crippen LogP contribution >= 0.6 is 11.8 Å². The first-order valence-electron chi connectivity index (χ1n) is 6.43. The van der Waals surface area contributed by atoms with Gasteiger partial charge in [0.1, 0.15) is 0 Å². The van der Waals surface area contributed by atoms with Crippen LogP contribution in [0.25, 0.3) is 0 Å². The van der Waals surface area contributed by atoms with Crippen molar-refractivity contribution in [2.75, 3.05) is 6.61 Å². The van der Waals surface area contributed by atoms with Crippen LogP contribution in [0.2, 0.25) is 0 Å². The van der Waals surface area contributed by atoms with E-state index in [0.29, 0.717) is 17.6 Å².